The summed E-state index contributed by atoms with van der Waals surface area (Å²) in [6, 6.07) is 14.9. The second-order valence-electron chi connectivity index (χ2n) is 5.22. The maximum atomic E-state index is 12.3. The molecule has 0 aromatic heterocycles. The van der Waals surface area contributed by atoms with Gasteiger partial charge in [0.2, 0.25) is 10.0 Å². The Bertz CT molecular complexity index is 709. The molecule has 0 aliphatic rings. The number of sulfonamides is 1. The molecule has 2 aromatic rings. The molecule has 0 bridgehead atoms. The van der Waals surface area contributed by atoms with E-state index in [0.29, 0.717) is 19.4 Å². The molecule has 0 saturated heterocycles. The van der Waals surface area contributed by atoms with Gasteiger partial charge in [0.05, 0.1) is 4.90 Å². The van der Waals surface area contributed by atoms with Crippen molar-refractivity contribution in [3.63, 3.8) is 0 Å². The van der Waals surface area contributed by atoms with Crippen LogP contribution in [0.1, 0.15) is 18.4 Å². The molecule has 2 N–H and O–H groups in total. The second kappa shape index (κ2) is 7.54. The van der Waals surface area contributed by atoms with Gasteiger partial charge in [0.1, 0.15) is 0 Å². The van der Waals surface area contributed by atoms with E-state index in [-0.39, 0.29) is 11.5 Å². The van der Waals surface area contributed by atoms with E-state index >= 15 is 0 Å². The molecule has 5 heteroatoms. The molecule has 0 aliphatic carbocycles. The number of benzene rings is 2. The fourth-order valence-electron chi connectivity index (χ4n) is 2.12. The summed E-state index contributed by atoms with van der Waals surface area (Å²) in [7, 11) is -3.51. The van der Waals surface area contributed by atoms with Crippen LogP contribution in [0.15, 0.2) is 53.4 Å². The molecule has 118 valence electrons. The summed E-state index contributed by atoms with van der Waals surface area (Å²) in [6.45, 7) is 2.42. The molecule has 0 radical (unpaired) electrons. The van der Waals surface area contributed by atoms with Gasteiger partial charge in [-0.15, -0.1) is 0 Å². The Labute approximate surface area is 131 Å². The van der Waals surface area contributed by atoms with Crippen LogP contribution in [0.4, 0.5) is 0 Å². The summed E-state index contributed by atoms with van der Waals surface area (Å²) in [6.07, 6.45) is 1.21. The standard InChI is InChI=1S/C17H21NO3S/c1-14-7-9-15(10-8-14)16-5-4-6-17(13-16)22(20,21)18-11-2-3-12-19/h4-10,13,18-19H,2-3,11-12H2,1H3. The number of rotatable bonds is 7. The van der Waals surface area contributed by atoms with Gasteiger partial charge in [0, 0.05) is 13.2 Å². The first-order valence-corrected chi connectivity index (χ1v) is 8.79. The van der Waals surface area contributed by atoms with E-state index in [0.717, 1.165) is 16.7 Å². The minimum absolute atomic E-state index is 0.0740. The Balaban J connectivity index is 2.18. The van der Waals surface area contributed by atoms with Gasteiger partial charge >= 0.3 is 0 Å². The van der Waals surface area contributed by atoms with E-state index in [4.69, 9.17) is 5.11 Å². The Morgan fingerprint density at radius 3 is 2.41 bits per heavy atom. The first kappa shape index (κ1) is 16.7. The van der Waals surface area contributed by atoms with Crippen molar-refractivity contribution in [3.8, 4) is 11.1 Å². The number of unbranched alkanes of at least 4 members (excludes halogenated alkanes) is 1. The first-order valence-electron chi connectivity index (χ1n) is 7.30. The predicted molar refractivity (Wildman–Crippen MR) is 88.1 cm³/mol. The molecule has 4 nitrogen and oxygen atoms in total. The number of aliphatic hydroxyl groups excluding tert-OH is 1. The molecule has 0 spiro atoms. The normalized spacial score (nSPS) is 11.5. The number of aliphatic hydroxyl groups is 1. The number of aryl methyl sites for hydroxylation is 1. The maximum absolute atomic E-state index is 12.3. The Kier molecular flexibility index (Phi) is 5.71. The zero-order valence-electron chi connectivity index (χ0n) is 12.6. The summed E-state index contributed by atoms with van der Waals surface area (Å²) in [5, 5.41) is 8.72. The van der Waals surface area contributed by atoms with E-state index in [1.165, 1.54) is 0 Å². The van der Waals surface area contributed by atoms with Crippen LogP contribution >= 0.6 is 0 Å². The molecule has 0 amide bonds. The zero-order chi connectivity index (χ0) is 16.0. The summed E-state index contributed by atoms with van der Waals surface area (Å²) in [4.78, 5) is 0.259. The van der Waals surface area contributed by atoms with Gasteiger partial charge in [-0.05, 0) is 43.0 Å². The molecule has 2 rings (SSSR count). The molecule has 0 saturated carbocycles. The van der Waals surface area contributed by atoms with E-state index in [1.54, 1.807) is 18.2 Å². The highest BCUT2D eigenvalue weighted by Crippen LogP contribution is 2.22. The molecular formula is C17H21NO3S. The van der Waals surface area contributed by atoms with Crippen LogP contribution in [-0.2, 0) is 10.0 Å². The van der Waals surface area contributed by atoms with Crippen molar-refractivity contribution in [2.45, 2.75) is 24.7 Å². The minimum atomic E-state index is -3.51. The maximum Gasteiger partial charge on any atom is 0.240 e. The largest absolute Gasteiger partial charge is 0.396 e. The van der Waals surface area contributed by atoms with Crippen LogP contribution in [-0.4, -0.2) is 26.7 Å². The first-order chi connectivity index (χ1) is 10.5. The van der Waals surface area contributed by atoms with E-state index < -0.39 is 10.0 Å². The summed E-state index contributed by atoms with van der Waals surface area (Å²) < 4.78 is 27.1. The molecule has 22 heavy (non-hydrogen) atoms. The van der Waals surface area contributed by atoms with Gasteiger partial charge in [-0.2, -0.15) is 0 Å². The predicted octanol–water partition coefficient (Wildman–Crippen LogP) is 2.71. The van der Waals surface area contributed by atoms with E-state index in [1.807, 2.05) is 37.3 Å². The molecular weight excluding hydrogens is 298 g/mol. The monoisotopic (exact) mass is 319 g/mol. The highest BCUT2D eigenvalue weighted by atomic mass is 32.2. The summed E-state index contributed by atoms with van der Waals surface area (Å²) in [5.74, 6) is 0. The van der Waals surface area contributed by atoms with Crippen LogP contribution < -0.4 is 4.72 Å². The molecule has 0 unspecified atom stereocenters. The van der Waals surface area contributed by atoms with Crippen LogP contribution in [0.25, 0.3) is 11.1 Å². The van der Waals surface area contributed by atoms with Crippen molar-refractivity contribution in [1.29, 1.82) is 0 Å². The highest BCUT2D eigenvalue weighted by molar-refractivity contribution is 7.89. The summed E-state index contributed by atoms with van der Waals surface area (Å²) >= 11 is 0. The lowest BCUT2D eigenvalue weighted by Crippen LogP contribution is -2.24. The van der Waals surface area contributed by atoms with Crippen LogP contribution in [0.3, 0.4) is 0 Å². The Hall–Kier alpha value is -1.69. The van der Waals surface area contributed by atoms with Crippen LogP contribution in [0.5, 0.6) is 0 Å². The van der Waals surface area contributed by atoms with Crippen molar-refractivity contribution in [3.05, 3.63) is 54.1 Å². The minimum Gasteiger partial charge on any atom is -0.396 e. The number of hydrogen-bond donors (Lipinski definition) is 2. The lowest BCUT2D eigenvalue weighted by molar-refractivity contribution is 0.285. The fraction of sp³-hybridized carbons (Fsp3) is 0.294. The quantitative estimate of drug-likeness (QED) is 0.771. The molecule has 2 aromatic carbocycles. The van der Waals surface area contributed by atoms with E-state index in [2.05, 4.69) is 4.72 Å². The zero-order valence-corrected chi connectivity index (χ0v) is 13.4. The van der Waals surface area contributed by atoms with Crippen molar-refractivity contribution in [2.24, 2.45) is 0 Å². The molecule has 0 atom stereocenters. The lowest BCUT2D eigenvalue weighted by Gasteiger charge is -2.08. The van der Waals surface area contributed by atoms with Crippen molar-refractivity contribution < 1.29 is 13.5 Å². The van der Waals surface area contributed by atoms with Gasteiger partial charge in [-0.3, -0.25) is 0 Å². The lowest BCUT2D eigenvalue weighted by atomic mass is 10.0. The Morgan fingerprint density at radius 1 is 1.00 bits per heavy atom. The van der Waals surface area contributed by atoms with Crippen molar-refractivity contribution in [1.82, 2.24) is 4.72 Å². The van der Waals surface area contributed by atoms with Gasteiger partial charge < -0.3 is 5.11 Å². The fourth-order valence-corrected chi connectivity index (χ4v) is 3.24. The van der Waals surface area contributed by atoms with Crippen LogP contribution in [0.2, 0.25) is 0 Å². The third-order valence-corrected chi connectivity index (χ3v) is 4.86. The third kappa shape index (κ3) is 4.40. The molecule has 0 aliphatic heterocycles. The smallest absolute Gasteiger partial charge is 0.240 e. The SMILES string of the molecule is Cc1ccc(-c2cccc(S(=O)(=O)NCCCCO)c2)cc1. The van der Waals surface area contributed by atoms with Gasteiger partial charge in [0.15, 0.2) is 0 Å². The topological polar surface area (TPSA) is 66.4 Å². The third-order valence-electron chi connectivity index (χ3n) is 3.41. The molecule has 0 fully saturated rings. The Morgan fingerprint density at radius 2 is 1.73 bits per heavy atom. The van der Waals surface area contributed by atoms with Crippen molar-refractivity contribution >= 4 is 10.0 Å². The average Bonchev–Trinajstić information content (AvgIpc) is 2.52. The summed E-state index contributed by atoms with van der Waals surface area (Å²) in [5.41, 5.74) is 3.03. The highest BCUT2D eigenvalue weighted by Gasteiger charge is 2.13. The molecule has 0 heterocycles. The number of hydrogen-bond acceptors (Lipinski definition) is 3. The number of nitrogens with one attached hydrogen (secondary N) is 1. The second-order valence-corrected chi connectivity index (χ2v) is 6.99. The average molecular weight is 319 g/mol. The van der Waals surface area contributed by atoms with Gasteiger partial charge in [0.25, 0.3) is 0 Å². The van der Waals surface area contributed by atoms with Gasteiger partial charge in [-0.1, -0.05) is 42.0 Å². The van der Waals surface area contributed by atoms with Crippen molar-refractivity contribution in [2.75, 3.05) is 13.2 Å². The van der Waals surface area contributed by atoms with Crippen LogP contribution in [0, 0.1) is 6.92 Å². The van der Waals surface area contributed by atoms with Gasteiger partial charge in [-0.25, -0.2) is 13.1 Å². The van der Waals surface area contributed by atoms with E-state index in [9.17, 15) is 8.42 Å².